The van der Waals surface area contributed by atoms with Gasteiger partial charge in [-0.3, -0.25) is 9.59 Å². The van der Waals surface area contributed by atoms with E-state index in [1.807, 2.05) is 0 Å². The van der Waals surface area contributed by atoms with Crippen molar-refractivity contribution in [3.05, 3.63) is 47.0 Å². The van der Waals surface area contributed by atoms with Gasteiger partial charge in [0.15, 0.2) is 11.6 Å². The number of alkyl halides is 3. The topological polar surface area (TPSA) is 87.2 Å². The number of hydrogen-bond acceptors (Lipinski definition) is 5. The van der Waals surface area contributed by atoms with E-state index in [1.54, 1.807) is 19.9 Å². The summed E-state index contributed by atoms with van der Waals surface area (Å²) < 4.78 is 52.3. The van der Waals surface area contributed by atoms with Crippen LogP contribution in [0.25, 0.3) is 0 Å². The van der Waals surface area contributed by atoms with E-state index >= 15 is 0 Å². The van der Waals surface area contributed by atoms with Crippen LogP contribution >= 0.6 is 0 Å². The summed E-state index contributed by atoms with van der Waals surface area (Å²) >= 11 is 0. The third-order valence-corrected chi connectivity index (χ3v) is 4.78. The van der Waals surface area contributed by atoms with Gasteiger partial charge in [0.25, 0.3) is 5.91 Å². The van der Waals surface area contributed by atoms with Gasteiger partial charge in [-0.1, -0.05) is 6.92 Å². The highest BCUT2D eigenvalue weighted by atomic mass is 19.4. The Hall–Kier alpha value is -3.24. The Balaban J connectivity index is 1.66. The second kappa shape index (κ2) is 8.86. The lowest BCUT2D eigenvalue weighted by Crippen LogP contribution is -2.37. The molecule has 0 bridgehead atoms. The van der Waals surface area contributed by atoms with Crippen molar-refractivity contribution < 1.29 is 27.2 Å². The Morgan fingerprint density at radius 1 is 1.26 bits per heavy atom. The smallest absolute Gasteiger partial charge is 0.352 e. The number of amides is 2. The highest BCUT2D eigenvalue weighted by Crippen LogP contribution is 2.31. The molecule has 11 heteroatoms. The summed E-state index contributed by atoms with van der Waals surface area (Å²) in [4.78, 5) is 33.5. The Kier molecular flexibility index (Phi) is 6.42. The fourth-order valence-corrected chi connectivity index (χ4v) is 3.25. The zero-order valence-electron chi connectivity index (χ0n) is 16.9. The first-order chi connectivity index (χ1) is 14.6. The molecule has 0 radical (unpaired) electrons. The average Bonchev–Trinajstić information content (AvgIpc) is 3.14. The summed E-state index contributed by atoms with van der Waals surface area (Å²) in [5.41, 5.74) is -0.309. The Labute approximate surface area is 175 Å². The van der Waals surface area contributed by atoms with Crippen LogP contribution < -0.4 is 15.5 Å². The molecule has 7 nitrogen and oxygen atoms in total. The quantitative estimate of drug-likeness (QED) is 0.699. The second-order valence-corrected chi connectivity index (χ2v) is 7.22. The lowest BCUT2D eigenvalue weighted by atomic mass is 10.2. The summed E-state index contributed by atoms with van der Waals surface area (Å²) in [6.45, 7) is 3.91. The van der Waals surface area contributed by atoms with Gasteiger partial charge in [0.1, 0.15) is 5.82 Å². The maximum atomic E-state index is 14.2. The third kappa shape index (κ3) is 5.47. The highest BCUT2D eigenvalue weighted by molar-refractivity contribution is 5.96. The molecule has 0 saturated carbocycles. The monoisotopic (exact) mass is 439 g/mol. The Morgan fingerprint density at radius 2 is 2.00 bits per heavy atom. The molecule has 0 aromatic carbocycles. The van der Waals surface area contributed by atoms with Gasteiger partial charge in [-0.25, -0.2) is 14.4 Å². The van der Waals surface area contributed by atoms with Crippen LogP contribution in [0.3, 0.4) is 0 Å². The van der Waals surface area contributed by atoms with Crippen LogP contribution in [-0.4, -0.2) is 40.9 Å². The first-order valence-electron chi connectivity index (χ1n) is 9.64. The molecular formula is C20H21F4N5O2. The van der Waals surface area contributed by atoms with Crippen molar-refractivity contribution in [3.63, 3.8) is 0 Å². The normalized spacial score (nSPS) is 16.3. The first kappa shape index (κ1) is 22.4. The van der Waals surface area contributed by atoms with E-state index in [2.05, 4.69) is 20.6 Å². The summed E-state index contributed by atoms with van der Waals surface area (Å²) in [7, 11) is 0. The van der Waals surface area contributed by atoms with E-state index in [0.29, 0.717) is 36.5 Å². The van der Waals surface area contributed by atoms with E-state index in [9.17, 15) is 27.2 Å². The van der Waals surface area contributed by atoms with Crippen LogP contribution in [0, 0.1) is 12.7 Å². The van der Waals surface area contributed by atoms with Gasteiger partial charge in [0, 0.05) is 43.0 Å². The van der Waals surface area contributed by atoms with Gasteiger partial charge >= 0.3 is 6.18 Å². The fraction of sp³-hybridized carbons (Fsp3) is 0.400. The molecule has 166 valence electrons. The number of aromatic nitrogens is 2. The summed E-state index contributed by atoms with van der Waals surface area (Å²) in [6.07, 6.45) is -3.34. The minimum Gasteiger partial charge on any atom is -0.352 e. The Morgan fingerprint density at radius 3 is 2.65 bits per heavy atom. The van der Waals surface area contributed by atoms with Gasteiger partial charge in [0.2, 0.25) is 5.91 Å². The molecule has 2 aromatic heterocycles. The number of rotatable bonds is 5. The van der Waals surface area contributed by atoms with Crippen LogP contribution in [0.2, 0.25) is 0 Å². The largest absolute Gasteiger partial charge is 0.417 e. The van der Waals surface area contributed by atoms with Gasteiger partial charge in [0.05, 0.1) is 5.56 Å². The SMILES string of the molecule is CCC(=O)Nc1cc(C(=O)NC2CCN(c3ncc(C(F)(F)F)cc3F)C2)cc(C)n1. The van der Waals surface area contributed by atoms with Gasteiger partial charge in [-0.15, -0.1) is 0 Å². The second-order valence-electron chi connectivity index (χ2n) is 7.22. The number of carbonyl (C=O) groups is 2. The molecule has 3 rings (SSSR count). The number of halogens is 4. The summed E-state index contributed by atoms with van der Waals surface area (Å²) in [5.74, 6) is -1.62. The van der Waals surface area contributed by atoms with Crippen molar-refractivity contribution in [2.45, 2.75) is 38.9 Å². The molecule has 1 aliphatic rings. The van der Waals surface area contributed by atoms with E-state index in [0.717, 1.165) is 0 Å². The van der Waals surface area contributed by atoms with Gasteiger partial charge in [-0.05, 0) is 31.5 Å². The maximum absolute atomic E-state index is 14.2. The van der Waals surface area contributed by atoms with Crippen LogP contribution in [-0.2, 0) is 11.0 Å². The summed E-state index contributed by atoms with van der Waals surface area (Å²) in [6, 6.07) is 3.10. The van der Waals surface area contributed by atoms with Crippen molar-refractivity contribution in [2.75, 3.05) is 23.3 Å². The van der Waals surface area contributed by atoms with Crippen molar-refractivity contribution in [3.8, 4) is 0 Å². The molecule has 2 N–H and O–H groups in total. The number of anilines is 2. The number of pyridine rings is 2. The number of nitrogens with zero attached hydrogens (tertiary/aromatic N) is 3. The van der Waals surface area contributed by atoms with Crippen molar-refractivity contribution >= 4 is 23.5 Å². The molecule has 1 saturated heterocycles. The summed E-state index contributed by atoms with van der Waals surface area (Å²) in [5, 5.41) is 5.42. The van der Waals surface area contributed by atoms with Crippen LogP contribution in [0.5, 0.6) is 0 Å². The van der Waals surface area contributed by atoms with E-state index in [-0.39, 0.29) is 36.6 Å². The first-order valence-corrected chi connectivity index (χ1v) is 9.64. The number of nitrogens with one attached hydrogen (secondary N) is 2. The van der Waals surface area contributed by atoms with Crippen LogP contribution in [0.1, 0.15) is 41.4 Å². The Bertz CT molecular complexity index is 996. The standard InChI is InChI=1S/C20H21F4N5O2/c1-3-17(30)28-16-7-12(6-11(2)26-16)19(31)27-14-4-5-29(10-14)18-15(21)8-13(9-25-18)20(22,23)24/h6-9,14H,3-5,10H2,1-2H3,(H,27,31)(H,26,28,30). The van der Waals surface area contributed by atoms with E-state index < -0.39 is 23.5 Å². The van der Waals surface area contributed by atoms with Crippen molar-refractivity contribution in [2.24, 2.45) is 0 Å². The molecule has 0 aliphatic carbocycles. The van der Waals surface area contributed by atoms with Crippen molar-refractivity contribution in [1.82, 2.24) is 15.3 Å². The third-order valence-electron chi connectivity index (χ3n) is 4.78. The number of carbonyl (C=O) groups excluding carboxylic acids is 2. The minimum atomic E-state index is -4.67. The average molecular weight is 439 g/mol. The molecule has 0 spiro atoms. The predicted octanol–water partition coefficient (Wildman–Crippen LogP) is 3.30. The molecule has 1 aliphatic heterocycles. The van der Waals surface area contributed by atoms with Crippen LogP contribution in [0.15, 0.2) is 24.4 Å². The molecule has 3 heterocycles. The van der Waals surface area contributed by atoms with Crippen LogP contribution in [0.4, 0.5) is 29.2 Å². The molecule has 1 unspecified atom stereocenters. The van der Waals surface area contributed by atoms with Gasteiger partial charge in [-0.2, -0.15) is 13.2 Å². The van der Waals surface area contributed by atoms with Gasteiger partial charge < -0.3 is 15.5 Å². The molecule has 31 heavy (non-hydrogen) atoms. The van der Waals surface area contributed by atoms with Crippen molar-refractivity contribution in [1.29, 1.82) is 0 Å². The molecule has 2 amide bonds. The molecule has 1 atom stereocenters. The maximum Gasteiger partial charge on any atom is 0.417 e. The zero-order valence-corrected chi connectivity index (χ0v) is 16.9. The van der Waals surface area contributed by atoms with E-state index in [4.69, 9.17) is 0 Å². The molecule has 1 fully saturated rings. The molecular weight excluding hydrogens is 418 g/mol. The predicted molar refractivity (Wildman–Crippen MR) is 105 cm³/mol. The zero-order chi connectivity index (χ0) is 22.8. The minimum absolute atomic E-state index is 0.186. The molecule has 2 aromatic rings. The highest BCUT2D eigenvalue weighted by Gasteiger charge is 2.33. The number of aryl methyl sites for hydroxylation is 1. The fourth-order valence-electron chi connectivity index (χ4n) is 3.25. The lowest BCUT2D eigenvalue weighted by Gasteiger charge is -2.19. The lowest BCUT2D eigenvalue weighted by molar-refractivity contribution is -0.138. The van der Waals surface area contributed by atoms with E-state index in [1.165, 1.54) is 11.0 Å². The number of hydrogen-bond donors (Lipinski definition) is 2.